The molecule has 0 aromatic rings. The Kier molecular flexibility index (Phi) is 8.19. The molecule has 0 spiro atoms. The summed E-state index contributed by atoms with van der Waals surface area (Å²) < 4.78 is 0. The van der Waals surface area contributed by atoms with E-state index in [1.54, 1.807) is 6.92 Å². The van der Waals surface area contributed by atoms with E-state index in [2.05, 4.69) is 17.6 Å². The summed E-state index contributed by atoms with van der Waals surface area (Å²) in [4.78, 5) is 21.9. The molecule has 0 radical (unpaired) electrons. The first-order chi connectivity index (χ1) is 7.97. The lowest BCUT2D eigenvalue weighted by Gasteiger charge is -2.15. The molecule has 100 valence electrons. The van der Waals surface area contributed by atoms with E-state index in [0.29, 0.717) is 0 Å². The van der Waals surface area contributed by atoms with Gasteiger partial charge in [0.1, 0.15) is 0 Å². The smallest absolute Gasteiger partial charge is 0.315 e. The number of hydrogen-bond donors (Lipinski definition) is 3. The number of carboxylic acids is 1. The van der Waals surface area contributed by atoms with Crippen LogP contribution < -0.4 is 10.6 Å². The summed E-state index contributed by atoms with van der Waals surface area (Å²) in [7, 11) is 0. The van der Waals surface area contributed by atoms with Gasteiger partial charge in [0, 0.05) is 12.6 Å². The summed E-state index contributed by atoms with van der Waals surface area (Å²) in [5.41, 5.74) is 0. The van der Waals surface area contributed by atoms with Gasteiger partial charge in [-0.15, -0.1) is 0 Å². The Morgan fingerprint density at radius 2 is 1.88 bits per heavy atom. The fourth-order valence-corrected chi connectivity index (χ4v) is 1.38. The van der Waals surface area contributed by atoms with E-state index in [1.165, 1.54) is 6.42 Å². The highest BCUT2D eigenvalue weighted by Gasteiger charge is 2.12. The highest BCUT2D eigenvalue weighted by Crippen LogP contribution is 2.02. The zero-order valence-corrected chi connectivity index (χ0v) is 11.0. The molecular formula is C12H24N2O3. The second-order valence-corrected chi connectivity index (χ2v) is 4.49. The van der Waals surface area contributed by atoms with Crippen molar-refractivity contribution in [3.8, 4) is 0 Å². The van der Waals surface area contributed by atoms with Gasteiger partial charge in [-0.2, -0.15) is 0 Å². The van der Waals surface area contributed by atoms with Crippen molar-refractivity contribution in [2.75, 3.05) is 6.54 Å². The van der Waals surface area contributed by atoms with Crippen LogP contribution in [0.4, 0.5) is 4.79 Å². The number of unbranched alkanes of at least 4 members (excludes halogenated alkanes) is 2. The average molecular weight is 244 g/mol. The van der Waals surface area contributed by atoms with Crippen LogP contribution in [0, 0.1) is 5.92 Å². The Balaban J connectivity index is 3.67. The molecule has 0 aromatic heterocycles. The number of aliphatic carboxylic acids is 1. The summed E-state index contributed by atoms with van der Waals surface area (Å²) in [6.45, 7) is 5.81. The molecule has 0 aromatic carbocycles. The Labute approximate surface area is 103 Å². The summed E-state index contributed by atoms with van der Waals surface area (Å²) >= 11 is 0. The molecule has 0 saturated carbocycles. The highest BCUT2D eigenvalue weighted by molar-refractivity contribution is 5.75. The van der Waals surface area contributed by atoms with Crippen LogP contribution in [0.5, 0.6) is 0 Å². The van der Waals surface area contributed by atoms with Crippen molar-refractivity contribution in [3.05, 3.63) is 0 Å². The molecule has 3 N–H and O–H groups in total. The fraction of sp³-hybridized carbons (Fsp3) is 0.833. The molecule has 0 aliphatic carbocycles. The Morgan fingerprint density at radius 1 is 1.24 bits per heavy atom. The molecule has 0 aliphatic heterocycles. The normalized spacial score (nSPS) is 13.8. The molecule has 0 saturated heterocycles. The van der Waals surface area contributed by atoms with Crippen molar-refractivity contribution in [2.24, 2.45) is 5.92 Å². The van der Waals surface area contributed by atoms with Gasteiger partial charge in [0.2, 0.25) is 0 Å². The van der Waals surface area contributed by atoms with Crippen LogP contribution in [0.25, 0.3) is 0 Å². The second-order valence-electron chi connectivity index (χ2n) is 4.49. The van der Waals surface area contributed by atoms with E-state index in [-0.39, 0.29) is 18.6 Å². The van der Waals surface area contributed by atoms with Gasteiger partial charge in [-0.1, -0.05) is 33.1 Å². The molecule has 0 rings (SSSR count). The largest absolute Gasteiger partial charge is 0.481 e. The molecule has 0 fully saturated rings. The first-order valence-electron chi connectivity index (χ1n) is 6.24. The fourth-order valence-electron chi connectivity index (χ4n) is 1.38. The Bertz CT molecular complexity index is 244. The minimum absolute atomic E-state index is 0.127. The maximum Gasteiger partial charge on any atom is 0.315 e. The van der Waals surface area contributed by atoms with E-state index in [4.69, 9.17) is 5.11 Å². The first kappa shape index (κ1) is 15.7. The van der Waals surface area contributed by atoms with Gasteiger partial charge in [-0.05, 0) is 13.3 Å². The molecule has 0 aliphatic rings. The predicted octanol–water partition coefficient (Wildman–Crippen LogP) is 1.98. The third kappa shape index (κ3) is 8.54. The quantitative estimate of drug-likeness (QED) is 0.571. The molecule has 2 atom stereocenters. The number of carbonyl (C=O) groups excluding carboxylic acids is 1. The van der Waals surface area contributed by atoms with Gasteiger partial charge in [-0.25, -0.2) is 4.79 Å². The number of nitrogens with one attached hydrogen (secondary N) is 2. The Hall–Kier alpha value is -1.26. The Morgan fingerprint density at radius 3 is 2.41 bits per heavy atom. The SMILES string of the molecule is CCCCCC(C)NC(=O)NCC(C)C(=O)O. The minimum atomic E-state index is -0.902. The molecule has 2 unspecified atom stereocenters. The number of hydrogen-bond acceptors (Lipinski definition) is 2. The summed E-state index contributed by atoms with van der Waals surface area (Å²) in [6, 6.07) is -0.163. The van der Waals surface area contributed by atoms with Crippen LogP contribution in [0.3, 0.4) is 0 Å². The molecule has 0 heterocycles. The summed E-state index contributed by atoms with van der Waals surface area (Å²) in [5, 5.41) is 14.0. The van der Waals surface area contributed by atoms with Crippen molar-refractivity contribution >= 4 is 12.0 Å². The predicted molar refractivity (Wildman–Crippen MR) is 66.9 cm³/mol. The van der Waals surface area contributed by atoms with Gasteiger partial charge in [0.25, 0.3) is 0 Å². The van der Waals surface area contributed by atoms with Crippen LogP contribution in [-0.4, -0.2) is 29.7 Å². The topological polar surface area (TPSA) is 78.4 Å². The summed E-state index contributed by atoms with van der Waals surface area (Å²) in [5.74, 6) is -1.46. The van der Waals surface area contributed by atoms with Crippen molar-refractivity contribution in [1.29, 1.82) is 0 Å². The van der Waals surface area contributed by atoms with E-state index in [9.17, 15) is 9.59 Å². The van der Waals surface area contributed by atoms with E-state index < -0.39 is 11.9 Å². The van der Waals surface area contributed by atoms with Crippen LogP contribution in [-0.2, 0) is 4.79 Å². The van der Waals surface area contributed by atoms with Crippen molar-refractivity contribution in [2.45, 2.75) is 52.5 Å². The molecule has 0 bridgehead atoms. The molecule has 5 heteroatoms. The second kappa shape index (κ2) is 8.84. The average Bonchev–Trinajstić information content (AvgIpc) is 2.26. The van der Waals surface area contributed by atoms with Gasteiger partial charge < -0.3 is 15.7 Å². The van der Waals surface area contributed by atoms with E-state index >= 15 is 0 Å². The molecule has 5 nitrogen and oxygen atoms in total. The minimum Gasteiger partial charge on any atom is -0.481 e. The molecule has 17 heavy (non-hydrogen) atoms. The first-order valence-corrected chi connectivity index (χ1v) is 6.24. The number of carboxylic acid groups (broad SMARTS) is 1. The van der Waals surface area contributed by atoms with Crippen LogP contribution in [0.15, 0.2) is 0 Å². The maximum absolute atomic E-state index is 11.4. The van der Waals surface area contributed by atoms with Crippen LogP contribution in [0.2, 0.25) is 0 Å². The number of amides is 2. The number of urea groups is 1. The molecule has 2 amide bonds. The van der Waals surface area contributed by atoms with E-state index in [0.717, 1.165) is 19.3 Å². The maximum atomic E-state index is 11.4. The number of carbonyl (C=O) groups is 2. The third-order valence-electron chi connectivity index (χ3n) is 2.61. The van der Waals surface area contributed by atoms with Gasteiger partial charge >= 0.3 is 12.0 Å². The third-order valence-corrected chi connectivity index (χ3v) is 2.61. The lowest BCUT2D eigenvalue weighted by molar-refractivity contribution is -0.140. The van der Waals surface area contributed by atoms with Crippen LogP contribution in [0.1, 0.15) is 46.5 Å². The molecular weight excluding hydrogens is 220 g/mol. The van der Waals surface area contributed by atoms with Gasteiger partial charge in [0.15, 0.2) is 0 Å². The van der Waals surface area contributed by atoms with Crippen LogP contribution >= 0.6 is 0 Å². The zero-order valence-electron chi connectivity index (χ0n) is 11.0. The summed E-state index contributed by atoms with van der Waals surface area (Å²) in [6.07, 6.45) is 4.39. The van der Waals surface area contributed by atoms with Crippen molar-refractivity contribution in [3.63, 3.8) is 0 Å². The monoisotopic (exact) mass is 244 g/mol. The number of rotatable bonds is 8. The lowest BCUT2D eigenvalue weighted by Crippen LogP contribution is -2.43. The van der Waals surface area contributed by atoms with Crippen molar-refractivity contribution in [1.82, 2.24) is 10.6 Å². The highest BCUT2D eigenvalue weighted by atomic mass is 16.4. The van der Waals surface area contributed by atoms with Gasteiger partial charge in [0.05, 0.1) is 5.92 Å². The zero-order chi connectivity index (χ0) is 13.3. The van der Waals surface area contributed by atoms with Gasteiger partial charge in [-0.3, -0.25) is 4.79 Å². The standard InChI is InChI=1S/C12H24N2O3/c1-4-5-6-7-10(3)14-12(17)13-8-9(2)11(15)16/h9-10H,4-8H2,1-3H3,(H,15,16)(H2,13,14,17). The van der Waals surface area contributed by atoms with Crippen molar-refractivity contribution < 1.29 is 14.7 Å². The van der Waals surface area contributed by atoms with E-state index in [1.807, 2.05) is 6.92 Å². The lowest BCUT2D eigenvalue weighted by atomic mass is 10.1.